The lowest BCUT2D eigenvalue weighted by Crippen LogP contribution is -2.47. The van der Waals surface area contributed by atoms with E-state index in [1.165, 1.54) is 95.2 Å². The summed E-state index contributed by atoms with van der Waals surface area (Å²) in [6, 6.07) is 42.3. The van der Waals surface area contributed by atoms with Crippen molar-refractivity contribution in [3.05, 3.63) is 215 Å². The fourth-order valence-electron chi connectivity index (χ4n) is 13.3. The van der Waals surface area contributed by atoms with Crippen molar-refractivity contribution in [2.75, 3.05) is 14.7 Å². The predicted octanol–water partition coefficient (Wildman–Crippen LogP) is 15.3. The Morgan fingerprint density at radius 2 is 1.27 bits per heavy atom. The molecule has 8 atom stereocenters. The molecule has 0 amide bonds. The van der Waals surface area contributed by atoms with E-state index in [4.69, 9.17) is 0 Å². The quantitative estimate of drug-likeness (QED) is 0.166. The van der Waals surface area contributed by atoms with Gasteiger partial charge in [0.15, 0.2) is 0 Å². The fourth-order valence-corrected chi connectivity index (χ4v) is 13.3. The number of para-hydroxylation sites is 4. The Hall–Kier alpha value is -6.00. The second-order valence-electron chi connectivity index (χ2n) is 20.6. The highest BCUT2D eigenvalue weighted by molar-refractivity contribution is 5.79. The zero-order chi connectivity index (χ0) is 44.1. The Kier molecular flexibility index (Phi) is 11.1. The van der Waals surface area contributed by atoms with Crippen LogP contribution in [0.1, 0.15) is 114 Å². The Labute approximate surface area is 394 Å². The molecule has 4 nitrogen and oxygen atoms in total. The van der Waals surface area contributed by atoms with Gasteiger partial charge in [-0.15, -0.1) is 0 Å². The molecular formula is C62H66N4. The van der Waals surface area contributed by atoms with Crippen LogP contribution in [0.5, 0.6) is 0 Å². The molecule has 4 aromatic rings. The van der Waals surface area contributed by atoms with Crippen molar-refractivity contribution in [1.82, 2.24) is 4.90 Å². The summed E-state index contributed by atoms with van der Waals surface area (Å²) in [6.07, 6.45) is 39.7. The highest BCUT2D eigenvalue weighted by Gasteiger charge is 2.42. The van der Waals surface area contributed by atoms with Crippen LogP contribution in [0.3, 0.4) is 0 Å². The third-order valence-corrected chi connectivity index (χ3v) is 16.6. The van der Waals surface area contributed by atoms with E-state index < -0.39 is 0 Å². The first-order valence-corrected chi connectivity index (χ1v) is 25.6. The van der Waals surface area contributed by atoms with Gasteiger partial charge in [0.1, 0.15) is 0 Å². The second kappa shape index (κ2) is 17.7. The topological polar surface area (TPSA) is 13.0 Å². The van der Waals surface area contributed by atoms with Crippen LogP contribution in [0, 0.1) is 11.8 Å². The van der Waals surface area contributed by atoms with E-state index in [1.54, 1.807) is 11.1 Å². The van der Waals surface area contributed by atoms with Crippen molar-refractivity contribution >= 4 is 22.7 Å². The maximum Gasteiger partial charge on any atom is 0.0649 e. The van der Waals surface area contributed by atoms with E-state index in [-0.39, 0.29) is 6.04 Å². The predicted molar refractivity (Wildman–Crippen MR) is 276 cm³/mol. The summed E-state index contributed by atoms with van der Waals surface area (Å²) in [7, 11) is 0. The zero-order valence-corrected chi connectivity index (χ0v) is 39.1. The lowest BCUT2D eigenvalue weighted by Gasteiger charge is -2.47. The van der Waals surface area contributed by atoms with Gasteiger partial charge in [0.05, 0.1) is 6.04 Å². The van der Waals surface area contributed by atoms with Gasteiger partial charge in [0.25, 0.3) is 0 Å². The number of fused-ring (bicyclic) bond motifs is 6. The smallest absolute Gasteiger partial charge is 0.0649 e. The van der Waals surface area contributed by atoms with Crippen molar-refractivity contribution in [3.63, 3.8) is 0 Å². The van der Waals surface area contributed by atoms with Gasteiger partial charge in [-0.25, -0.2) is 0 Å². The van der Waals surface area contributed by atoms with E-state index in [0.717, 1.165) is 38.5 Å². The number of nitrogens with zero attached hydrogens (tertiary/aromatic N) is 4. The van der Waals surface area contributed by atoms with E-state index in [1.807, 2.05) is 0 Å². The molecule has 2 heterocycles. The monoisotopic (exact) mass is 867 g/mol. The standard InChI is InChI=1S/C62H66N4/c1-43-25-31-51(32-26-43)66-60-24-14-11-21-55(60)56-39-37-52(41-61(56)66)63(47-16-5-3-6-17-47)49-33-27-45(28-34-49)46-29-35-50(36-30-46)64(58-22-12-9-15-44(58)2)53-38-40-57-54-20-10-13-23-59(54)65(62(57)42-53)48-18-7-4-8-19-48/h3-8,10-11,13-14,16-21,23-25,27,29,31-32,37-39,41-44,49-50,56-58,61H,9,12,15,22,26,28,30,33-36,40H2,1-2H3. The average molecular weight is 867 g/mol. The first-order chi connectivity index (χ1) is 32.6. The van der Waals surface area contributed by atoms with Gasteiger partial charge in [-0.05, 0) is 159 Å². The van der Waals surface area contributed by atoms with Gasteiger partial charge in [-0.3, -0.25) is 0 Å². The van der Waals surface area contributed by atoms with Crippen molar-refractivity contribution in [2.45, 2.75) is 127 Å². The van der Waals surface area contributed by atoms with E-state index >= 15 is 0 Å². The van der Waals surface area contributed by atoms with Gasteiger partial charge in [0.2, 0.25) is 0 Å². The summed E-state index contributed by atoms with van der Waals surface area (Å²) >= 11 is 0. The molecule has 8 aliphatic rings. The molecule has 0 N–H and O–H groups in total. The van der Waals surface area contributed by atoms with Crippen LogP contribution in [0.25, 0.3) is 0 Å². The molecule has 1 fully saturated rings. The first-order valence-electron chi connectivity index (χ1n) is 25.6. The van der Waals surface area contributed by atoms with Gasteiger partial charge in [-0.1, -0.05) is 136 Å². The number of rotatable bonds is 9. The van der Waals surface area contributed by atoms with E-state index in [9.17, 15) is 0 Å². The molecule has 0 radical (unpaired) electrons. The molecule has 0 bridgehead atoms. The fraction of sp³-hybridized carbons (Fsp3) is 0.355. The molecule has 12 rings (SSSR count). The second-order valence-corrected chi connectivity index (χ2v) is 20.6. The summed E-state index contributed by atoms with van der Waals surface area (Å²) in [5, 5.41) is 0. The molecule has 0 spiro atoms. The van der Waals surface area contributed by atoms with Crippen molar-refractivity contribution in [2.24, 2.45) is 11.8 Å². The maximum absolute atomic E-state index is 2.96. The number of hydrogen-bond acceptors (Lipinski definition) is 4. The average Bonchev–Trinajstić information content (AvgIpc) is 3.88. The Morgan fingerprint density at radius 3 is 2.00 bits per heavy atom. The molecule has 66 heavy (non-hydrogen) atoms. The minimum absolute atomic E-state index is 0.253. The summed E-state index contributed by atoms with van der Waals surface area (Å²) in [5.74, 6) is 2.05. The van der Waals surface area contributed by atoms with Gasteiger partial charge in [0, 0.05) is 75.5 Å². The number of benzene rings is 4. The molecule has 0 saturated heterocycles. The van der Waals surface area contributed by atoms with Gasteiger partial charge >= 0.3 is 0 Å². The molecule has 4 aromatic carbocycles. The summed E-state index contributed by atoms with van der Waals surface area (Å²) in [5.41, 5.74) is 17.0. The Bertz CT molecular complexity index is 2710. The first kappa shape index (κ1) is 41.4. The van der Waals surface area contributed by atoms with Crippen molar-refractivity contribution in [3.8, 4) is 0 Å². The van der Waals surface area contributed by atoms with E-state index in [2.05, 4.69) is 203 Å². The Balaban J connectivity index is 0.803. The minimum Gasteiger partial charge on any atom is -0.365 e. The molecular weight excluding hydrogens is 801 g/mol. The van der Waals surface area contributed by atoms with E-state index in [0.29, 0.717) is 41.8 Å². The molecule has 2 aliphatic heterocycles. The molecule has 6 aliphatic carbocycles. The molecule has 4 heteroatoms. The summed E-state index contributed by atoms with van der Waals surface area (Å²) in [6.45, 7) is 4.86. The summed E-state index contributed by atoms with van der Waals surface area (Å²) < 4.78 is 0. The molecule has 334 valence electrons. The number of anilines is 4. The molecule has 0 aromatic heterocycles. The van der Waals surface area contributed by atoms with Gasteiger partial charge < -0.3 is 19.6 Å². The largest absolute Gasteiger partial charge is 0.365 e. The maximum atomic E-state index is 2.96. The van der Waals surface area contributed by atoms with Crippen LogP contribution < -0.4 is 14.7 Å². The third-order valence-electron chi connectivity index (χ3n) is 16.6. The van der Waals surface area contributed by atoms with Gasteiger partial charge in [-0.2, -0.15) is 0 Å². The lowest BCUT2D eigenvalue weighted by molar-refractivity contribution is 0.101. The van der Waals surface area contributed by atoms with Crippen LogP contribution in [-0.2, 0) is 0 Å². The highest BCUT2D eigenvalue weighted by Crippen LogP contribution is 2.53. The molecule has 8 unspecified atom stereocenters. The summed E-state index contributed by atoms with van der Waals surface area (Å²) in [4.78, 5) is 10.8. The van der Waals surface area contributed by atoms with Crippen LogP contribution in [0.4, 0.5) is 22.7 Å². The van der Waals surface area contributed by atoms with Crippen molar-refractivity contribution in [1.29, 1.82) is 0 Å². The van der Waals surface area contributed by atoms with Crippen LogP contribution in [0.15, 0.2) is 204 Å². The normalized spacial score (nSPS) is 28.7. The SMILES string of the molecule is CC1C=CC(N2c3ccccc3C3C=CC(N(c4ccccc4)C4CC=C(C5=CCC(N(C6=CCC7C(=C6)N(c6ccccc6)c6ccccc67)C6CCCCC6C)CC5)CC4)=CC32)=CC1. The molecule has 1 saturated carbocycles. The Morgan fingerprint density at radius 1 is 0.576 bits per heavy atom. The third kappa shape index (κ3) is 7.45. The van der Waals surface area contributed by atoms with Crippen LogP contribution in [0.2, 0.25) is 0 Å². The number of allylic oxidation sites excluding steroid dienone is 9. The number of hydrogen-bond donors (Lipinski definition) is 0. The lowest BCUT2D eigenvalue weighted by atomic mass is 9.80. The zero-order valence-electron chi connectivity index (χ0n) is 39.1. The van der Waals surface area contributed by atoms with Crippen molar-refractivity contribution < 1.29 is 0 Å². The highest BCUT2D eigenvalue weighted by atomic mass is 15.2. The van der Waals surface area contributed by atoms with Crippen LogP contribution >= 0.6 is 0 Å². The minimum atomic E-state index is 0.253. The van der Waals surface area contributed by atoms with Crippen LogP contribution in [-0.4, -0.2) is 29.1 Å².